The molecule has 0 fully saturated rings. The Hall–Kier alpha value is -1.29. The fraction of sp³-hybridized carbons (Fsp3) is 0.0909. The molecule has 0 atom stereocenters. The molecule has 2 nitrogen and oxygen atoms in total. The van der Waals surface area contributed by atoms with Gasteiger partial charge in [-0.2, -0.15) is 4.39 Å². The Morgan fingerprint density at radius 2 is 2.00 bits per heavy atom. The van der Waals surface area contributed by atoms with E-state index in [9.17, 15) is 4.39 Å². The molecule has 0 saturated heterocycles. The largest absolute Gasteiger partial charge is 0.265 e. The van der Waals surface area contributed by atoms with E-state index >= 15 is 0 Å². The first-order chi connectivity index (χ1) is 7.31. The van der Waals surface area contributed by atoms with Crippen molar-refractivity contribution in [3.8, 4) is 11.1 Å². The maximum atomic E-state index is 13.4. The van der Waals surface area contributed by atoms with Crippen molar-refractivity contribution in [3.63, 3.8) is 0 Å². The van der Waals surface area contributed by atoms with Gasteiger partial charge >= 0.3 is 0 Å². The van der Waals surface area contributed by atoms with Gasteiger partial charge in [0.15, 0.2) is 0 Å². The Kier molecular flexibility index (Phi) is 3.06. The SMILES string of the molecule is Fc1ncc(CBr)cc1-c1ccncc1. The van der Waals surface area contributed by atoms with Crippen molar-refractivity contribution >= 4 is 15.9 Å². The maximum Gasteiger partial charge on any atom is 0.220 e. The van der Waals surface area contributed by atoms with E-state index in [1.807, 2.05) is 0 Å². The molecule has 2 rings (SSSR count). The Morgan fingerprint density at radius 1 is 1.27 bits per heavy atom. The third-order valence-electron chi connectivity index (χ3n) is 2.04. The maximum absolute atomic E-state index is 13.4. The van der Waals surface area contributed by atoms with Crippen molar-refractivity contribution in [2.45, 2.75) is 5.33 Å². The van der Waals surface area contributed by atoms with Crippen LogP contribution in [0.4, 0.5) is 4.39 Å². The average molecular weight is 267 g/mol. The Balaban J connectivity index is 2.52. The summed E-state index contributed by atoms with van der Waals surface area (Å²) in [6.45, 7) is 0. The fourth-order valence-electron chi connectivity index (χ4n) is 1.30. The highest BCUT2D eigenvalue weighted by molar-refractivity contribution is 9.08. The molecule has 0 aromatic carbocycles. The van der Waals surface area contributed by atoms with Crippen LogP contribution in [0, 0.1) is 5.95 Å². The Bertz CT molecular complexity index is 459. The highest BCUT2D eigenvalue weighted by Gasteiger charge is 2.06. The molecule has 2 heterocycles. The Labute approximate surface area is 95.3 Å². The van der Waals surface area contributed by atoms with E-state index in [2.05, 4.69) is 25.9 Å². The summed E-state index contributed by atoms with van der Waals surface area (Å²) in [5, 5.41) is 0.665. The molecule has 0 aliphatic heterocycles. The van der Waals surface area contributed by atoms with E-state index in [0.29, 0.717) is 10.9 Å². The highest BCUT2D eigenvalue weighted by atomic mass is 79.9. The van der Waals surface area contributed by atoms with Gasteiger partial charge in [-0.15, -0.1) is 0 Å². The topological polar surface area (TPSA) is 25.8 Å². The van der Waals surface area contributed by atoms with Crippen LogP contribution in [-0.2, 0) is 5.33 Å². The highest BCUT2D eigenvalue weighted by Crippen LogP contribution is 2.22. The molecule has 4 heteroatoms. The van der Waals surface area contributed by atoms with Crippen LogP contribution in [0.1, 0.15) is 5.56 Å². The van der Waals surface area contributed by atoms with E-state index in [1.54, 1.807) is 30.6 Å². The number of rotatable bonds is 2. The van der Waals surface area contributed by atoms with Crippen LogP contribution in [0.25, 0.3) is 11.1 Å². The number of alkyl halides is 1. The average Bonchev–Trinajstić information content (AvgIpc) is 2.31. The number of pyridine rings is 2. The molecule has 0 spiro atoms. The summed E-state index contributed by atoms with van der Waals surface area (Å²) in [6.07, 6.45) is 4.79. The third kappa shape index (κ3) is 2.21. The summed E-state index contributed by atoms with van der Waals surface area (Å²) in [6, 6.07) is 5.31. The first-order valence-corrected chi connectivity index (χ1v) is 5.54. The minimum atomic E-state index is -0.453. The number of hydrogen-bond acceptors (Lipinski definition) is 2. The molecular formula is C11H8BrFN2. The van der Waals surface area contributed by atoms with Crippen LogP contribution in [0.2, 0.25) is 0 Å². The first-order valence-electron chi connectivity index (χ1n) is 4.42. The van der Waals surface area contributed by atoms with Crippen LogP contribution < -0.4 is 0 Å². The Morgan fingerprint density at radius 3 is 2.67 bits per heavy atom. The lowest BCUT2D eigenvalue weighted by atomic mass is 10.1. The number of hydrogen-bond donors (Lipinski definition) is 0. The molecule has 0 aliphatic carbocycles. The summed E-state index contributed by atoms with van der Waals surface area (Å²) in [7, 11) is 0. The second kappa shape index (κ2) is 4.49. The van der Waals surface area contributed by atoms with Gasteiger partial charge < -0.3 is 0 Å². The lowest BCUT2D eigenvalue weighted by molar-refractivity contribution is 0.586. The molecule has 0 aliphatic rings. The summed E-state index contributed by atoms with van der Waals surface area (Å²) < 4.78 is 13.4. The fourth-order valence-corrected chi connectivity index (χ4v) is 1.60. The molecule has 0 bridgehead atoms. The van der Waals surface area contributed by atoms with Crippen LogP contribution in [0.5, 0.6) is 0 Å². The third-order valence-corrected chi connectivity index (χ3v) is 2.69. The normalized spacial score (nSPS) is 10.3. The summed E-state index contributed by atoms with van der Waals surface area (Å²) in [5.74, 6) is -0.453. The van der Waals surface area contributed by atoms with Gasteiger partial charge in [0.05, 0.1) is 0 Å². The van der Waals surface area contributed by atoms with E-state index in [0.717, 1.165) is 11.1 Å². The molecule has 2 aromatic rings. The summed E-state index contributed by atoms with van der Waals surface area (Å²) >= 11 is 3.31. The van der Waals surface area contributed by atoms with E-state index in [4.69, 9.17) is 0 Å². The molecule has 0 N–H and O–H groups in total. The number of aromatic nitrogens is 2. The second-order valence-corrected chi connectivity index (χ2v) is 3.61. The lowest BCUT2D eigenvalue weighted by Gasteiger charge is -2.03. The molecule has 0 radical (unpaired) electrons. The molecule has 0 unspecified atom stereocenters. The predicted octanol–water partition coefficient (Wildman–Crippen LogP) is 3.18. The smallest absolute Gasteiger partial charge is 0.220 e. The van der Waals surface area contributed by atoms with Crippen molar-refractivity contribution in [2.24, 2.45) is 0 Å². The zero-order valence-corrected chi connectivity index (χ0v) is 9.41. The van der Waals surface area contributed by atoms with Crippen LogP contribution in [-0.4, -0.2) is 9.97 Å². The second-order valence-electron chi connectivity index (χ2n) is 3.05. The van der Waals surface area contributed by atoms with Gasteiger partial charge in [-0.3, -0.25) is 4.98 Å². The van der Waals surface area contributed by atoms with Crippen molar-refractivity contribution in [3.05, 3.63) is 48.3 Å². The van der Waals surface area contributed by atoms with E-state index in [1.165, 1.54) is 6.20 Å². The van der Waals surface area contributed by atoms with Crippen LogP contribution >= 0.6 is 15.9 Å². The van der Waals surface area contributed by atoms with Gasteiger partial charge in [0.25, 0.3) is 0 Å². The van der Waals surface area contributed by atoms with Crippen LogP contribution in [0.15, 0.2) is 36.8 Å². The molecule has 2 aromatic heterocycles. The van der Waals surface area contributed by atoms with E-state index < -0.39 is 5.95 Å². The molecule has 0 amide bonds. The summed E-state index contributed by atoms with van der Waals surface area (Å²) in [4.78, 5) is 7.60. The lowest BCUT2D eigenvalue weighted by Crippen LogP contribution is -1.91. The molecule has 15 heavy (non-hydrogen) atoms. The first kappa shape index (κ1) is 10.2. The van der Waals surface area contributed by atoms with Gasteiger partial charge in [0.2, 0.25) is 5.95 Å². The monoisotopic (exact) mass is 266 g/mol. The van der Waals surface area contributed by atoms with Crippen molar-refractivity contribution in [1.29, 1.82) is 0 Å². The quantitative estimate of drug-likeness (QED) is 0.617. The molecular weight excluding hydrogens is 259 g/mol. The zero-order chi connectivity index (χ0) is 10.7. The van der Waals surface area contributed by atoms with Gasteiger partial charge in [-0.25, -0.2) is 4.98 Å². The number of halogens is 2. The minimum absolute atomic E-state index is 0.453. The zero-order valence-electron chi connectivity index (χ0n) is 7.82. The standard InChI is InChI=1S/C11H8BrFN2/c12-6-8-5-10(11(13)15-7-8)9-1-3-14-4-2-9/h1-5,7H,6H2. The minimum Gasteiger partial charge on any atom is -0.265 e. The van der Waals surface area contributed by atoms with Gasteiger partial charge in [0, 0.05) is 29.5 Å². The van der Waals surface area contributed by atoms with Gasteiger partial charge in [-0.05, 0) is 29.3 Å². The van der Waals surface area contributed by atoms with E-state index in [-0.39, 0.29) is 0 Å². The van der Waals surface area contributed by atoms with Crippen LogP contribution in [0.3, 0.4) is 0 Å². The predicted molar refractivity (Wildman–Crippen MR) is 60.1 cm³/mol. The van der Waals surface area contributed by atoms with Gasteiger partial charge in [-0.1, -0.05) is 15.9 Å². The van der Waals surface area contributed by atoms with Gasteiger partial charge in [0.1, 0.15) is 0 Å². The van der Waals surface area contributed by atoms with Crippen molar-refractivity contribution < 1.29 is 4.39 Å². The van der Waals surface area contributed by atoms with Crippen molar-refractivity contribution in [2.75, 3.05) is 0 Å². The van der Waals surface area contributed by atoms with Crippen molar-refractivity contribution in [1.82, 2.24) is 9.97 Å². The molecule has 0 saturated carbocycles. The number of nitrogens with zero attached hydrogens (tertiary/aromatic N) is 2. The molecule has 76 valence electrons. The summed E-state index contributed by atoms with van der Waals surface area (Å²) in [5.41, 5.74) is 2.25.